The Morgan fingerprint density at radius 1 is 1.36 bits per heavy atom. The van der Waals surface area contributed by atoms with E-state index < -0.39 is 5.79 Å². The monoisotopic (exact) mass is 298 g/mol. The largest absolute Gasteiger partial charge is 0.369 e. The zero-order chi connectivity index (χ0) is 15.6. The Bertz CT molecular complexity index is 596. The standard InChI is InChI=1S/C19H22O3/c1-4-18(2,3)17-16-13-21-19(22-16,14-20-17)12-8-11-15-9-6-5-7-10-15/h4-7,9-10,16-17H,1,12-14H2,2-3H3/t16-,17+,19-/m0/s1. The van der Waals surface area contributed by atoms with Gasteiger partial charge in [0.2, 0.25) is 5.79 Å². The Hall–Kier alpha value is -1.60. The third kappa shape index (κ3) is 2.96. The summed E-state index contributed by atoms with van der Waals surface area (Å²) in [5.41, 5.74) is 0.858. The van der Waals surface area contributed by atoms with E-state index in [0.29, 0.717) is 19.6 Å². The number of hydrogen-bond donors (Lipinski definition) is 0. The summed E-state index contributed by atoms with van der Waals surface area (Å²) in [5, 5.41) is 0. The highest BCUT2D eigenvalue weighted by molar-refractivity contribution is 5.33. The van der Waals surface area contributed by atoms with E-state index in [1.54, 1.807) is 0 Å². The van der Waals surface area contributed by atoms with Crippen LogP contribution in [-0.2, 0) is 14.2 Å². The molecule has 0 unspecified atom stereocenters. The van der Waals surface area contributed by atoms with Crippen LogP contribution in [0.4, 0.5) is 0 Å². The van der Waals surface area contributed by atoms with Gasteiger partial charge in [-0.25, -0.2) is 0 Å². The SMILES string of the molecule is C=CC(C)(C)[C@@H]1OC[C@@]2(CC#Cc3ccccc3)OC[C@@H]1O2. The summed E-state index contributed by atoms with van der Waals surface area (Å²) >= 11 is 0. The van der Waals surface area contributed by atoms with E-state index in [0.717, 1.165) is 5.56 Å². The van der Waals surface area contributed by atoms with Gasteiger partial charge in [0.05, 0.1) is 19.1 Å². The van der Waals surface area contributed by atoms with E-state index >= 15 is 0 Å². The molecule has 3 nitrogen and oxygen atoms in total. The molecule has 2 aliphatic heterocycles. The van der Waals surface area contributed by atoms with Crippen LogP contribution in [0, 0.1) is 17.3 Å². The van der Waals surface area contributed by atoms with Gasteiger partial charge in [-0.2, -0.15) is 0 Å². The summed E-state index contributed by atoms with van der Waals surface area (Å²) in [5.74, 6) is 5.59. The Kier molecular flexibility index (Phi) is 4.10. The molecule has 0 aliphatic carbocycles. The molecule has 2 bridgehead atoms. The maximum absolute atomic E-state index is 6.13. The summed E-state index contributed by atoms with van der Waals surface area (Å²) < 4.78 is 18.1. The van der Waals surface area contributed by atoms with Gasteiger partial charge in [-0.15, -0.1) is 6.58 Å². The van der Waals surface area contributed by atoms with Gasteiger partial charge in [0, 0.05) is 11.0 Å². The Morgan fingerprint density at radius 2 is 2.14 bits per heavy atom. The first-order valence-corrected chi connectivity index (χ1v) is 7.66. The number of hydrogen-bond acceptors (Lipinski definition) is 3. The van der Waals surface area contributed by atoms with Crippen molar-refractivity contribution in [1.29, 1.82) is 0 Å². The highest BCUT2D eigenvalue weighted by Crippen LogP contribution is 2.41. The summed E-state index contributed by atoms with van der Waals surface area (Å²) in [7, 11) is 0. The van der Waals surface area contributed by atoms with Gasteiger partial charge in [0.15, 0.2) is 0 Å². The first-order valence-electron chi connectivity index (χ1n) is 7.66. The number of rotatable bonds is 3. The van der Waals surface area contributed by atoms with E-state index in [1.807, 2.05) is 36.4 Å². The molecule has 2 heterocycles. The van der Waals surface area contributed by atoms with Gasteiger partial charge in [-0.05, 0) is 12.1 Å². The van der Waals surface area contributed by atoms with Crippen LogP contribution >= 0.6 is 0 Å². The fourth-order valence-corrected chi connectivity index (χ4v) is 2.88. The Morgan fingerprint density at radius 3 is 2.86 bits per heavy atom. The van der Waals surface area contributed by atoms with E-state index in [-0.39, 0.29) is 17.6 Å². The van der Waals surface area contributed by atoms with Crippen molar-refractivity contribution in [2.75, 3.05) is 13.2 Å². The number of ether oxygens (including phenoxy) is 3. The molecule has 3 rings (SSSR count). The van der Waals surface area contributed by atoms with E-state index in [9.17, 15) is 0 Å². The van der Waals surface area contributed by atoms with Gasteiger partial charge in [0.25, 0.3) is 0 Å². The van der Waals surface area contributed by atoms with Crippen LogP contribution in [0.1, 0.15) is 25.8 Å². The molecule has 0 radical (unpaired) electrons. The predicted molar refractivity (Wildman–Crippen MR) is 85.2 cm³/mol. The third-order valence-electron chi connectivity index (χ3n) is 4.32. The van der Waals surface area contributed by atoms with Crippen molar-refractivity contribution >= 4 is 0 Å². The van der Waals surface area contributed by atoms with Gasteiger partial charge in [-0.1, -0.05) is 50.0 Å². The molecule has 22 heavy (non-hydrogen) atoms. The van der Waals surface area contributed by atoms with Crippen molar-refractivity contribution in [1.82, 2.24) is 0 Å². The van der Waals surface area contributed by atoms with Crippen molar-refractivity contribution in [2.24, 2.45) is 5.41 Å². The second-order valence-corrected chi connectivity index (χ2v) is 6.48. The summed E-state index contributed by atoms with van der Waals surface area (Å²) in [6, 6.07) is 9.92. The molecule has 0 amide bonds. The average molecular weight is 298 g/mol. The lowest BCUT2D eigenvalue weighted by atomic mass is 9.83. The molecule has 1 aromatic carbocycles. The molecule has 1 aromatic rings. The molecule has 2 fully saturated rings. The lowest BCUT2D eigenvalue weighted by Gasteiger charge is -2.41. The van der Waals surface area contributed by atoms with Crippen molar-refractivity contribution < 1.29 is 14.2 Å². The fraction of sp³-hybridized carbons (Fsp3) is 0.474. The van der Waals surface area contributed by atoms with E-state index in [4.69, 9.17) is 14.2 Å². The zero-order valence-corrected chi connectivity index (χ0v) is 13.2. The van der Waals surface area contributed by atoms with Gasteiger partial charge < -0.3 is 14.2 Å². The molecule has 3 heteroatoms. The van der Waals surface area contributed by atoms with Crippen LogP contribution in [0.2, 0.25) is 0 Å². The fourth-order valence-electron chi connectivity index (χ4n) is 2.88. The minimum Gasteiger partial charge on any atom is -0.369 e. The topological polar surface area (TPSA) is 27.7 Å². The third-order valence-corrected chi connectivity index (χ3v) is 4.32. The van der Waals surface area contributed by atoms with Crippen LogP contribution in [0.5, 0.6) is 0 Å². The number of benzene rings is 1. The van der Waals surface area contributed by atoms with E-state index in [1.165, 1.54) is 0 Å². The summed E-state index contributed by atoms with van der Waals surface area (Å²) in [6.45, 7) is 9.07. The van der Waals surface area contributed by atoms with Crippen molar-refractivity contribution in [3.05, 3.63) is 48.6 Å². The molecule has 2 aliphatic rings. The summed E-state index contributed by atoms with van der Waals surface area (Å²) in [4.78, 5) is 0. The zero-order valence-electron chi connectivity index (χ0n) is 13.2. The highest BCUT2D eigenvalue weighted by atomic mass is 16.8. The average Bonchev–Trinajstić information content (AvgIpc) is 2.85. The second-order valence-electron chi connectivity index (χ2n) is 6.48. The van der Waals surface area contributed by atoms with Gasteiger partial charge >= 0.3 is 0 Å². The molecule has 0 saturated carbocycles. The van der Waals surface area contributed by atoms with Crippen molar-refractivity contribution in [3.63, 3.8) is 0 Å². The van der Waals surface area contributed by atoms with E-state index in [2.05, 4.69) is 32.3 Å². The smallest absolute Gasteiger partial charge is 0.203 e. The first kappa shape index (κ1) is 15.3. The van der Waals surface area contributed by atoms with Crippen molar-refractivity contribution in [2.45, 2.75) is 38.3 Å². The Balaban J connectivity index is 1.66. The Labute approximate surface area is 132 Å². The maximum Gasteiger partial charge on any atom is 0.203 e. The predicted octanol–water partition coefficient (Wildman–Crippen LogP) is 3.15. The maximum atomic E-state index is 6.13. The second kappa shape index (κ2) is 5.89. The highest BCUT2D eigenvalue weighted by Gasteiger charge is 2.52. The molecular weight excluding hydrogens is 276 g/mol. The minimum atomic E-state index is -0.708. The molecule has 2 saturated heterocycles. The van der Waals surface area contributed by atoms with Crippen molar-refractivity contribution in [3.8, 4) is 11.8 Å². The molecule has 0 N–H and O–H groups in total. The number of fused-ring (bicyclic) bond motifs is 2. The quantitative estimate of drug-likeness (QED) is 0.634. The normalized spacial score (nSPS) is 30.5. The van der Waals surface area contributed by atoms with Crippen LogP contribution in [0.3, 0.4) is 0 Å². The van der Waals surface area contributed by atoms with Crippen LogP contribution in [0.25, 0.3) is 0 Å². The molecule has 0 spiro atoms. The van der Waals surface area contributed by atoms with Gasteiger partial charge in [0.1, 0.15) is 12.7 Å². The molecule has 116 valence electrons. The molecule has 3 atom stereocenters. The molecular formula is C19H22O3. The minimum absolute atomic E-state index is 0.0253. The lowest BCUT2D eigenvalue weighted by Crippen LogP contribution is -2.51. The van der Waals surface area contributed by atoms with Crippen LogP contribution in [-0.4, -0.2) is 31.2 Å². The van der Waals surface area contributed by atoms with Crippen LogP contribution in [0.15, 0.2) is 43.0 Å². The molecule has 0 aromatic heterocycles. The van der Waals surface area contributed by atoms with Gasteiger partial charge in [-0.3, -0.25) is 0 Å². The van der Waals surface area contributed by atoms with Crippen LogP contribution < -0.4 is 0 Å². The lowest BCUT2D eigenvalue weighted by molar-refractivity contribution is -0.265. The summed E-state index contributed by atoms with van der Waals surface area (Å²) in [6.07, 6.45) is 2.35. The first-order chi connectivity index (χ1) is 10.5.